The molecule has 0 aliphatic rings. The first-order valence-corrected chi connectivity index (χ1v) is 6.85. The Hall–Kier alpha value is -1.82. The third kappa shape index (κ3) is 3.85. The number of amides is 1. The molecule has 0 fully saturated rings. The van der Waals surface area contributed by atoms with Crippen LogP contribution in [0.3, 0.4) is 0 Å². The summed E-state index contributed by atoms with van der Waals surface area (Å²) >= 11 is 3.05. The van der Waals surface area contributed by atoms with E-state index in [0.29, 0.717) is 21.3 Å². The maximum atomic E-state index is 13.4. The summed E-state index contributed by atoms with van der Waals surface area (Å²) in [6.07, 6.45) is -0.131. The Kier molecular flexibility index (Phi) is 4.67. The number of rotatable bonds is 3. The van der Waals surface area contributed by atoms with Crippen molar-refractivity contribution in [3.8, 4) is 0 Å². The van der Waals surface area contributed by atoms with Gasteiger partial charge in [-0.3, -0.25) is 4.79 Å². The van der Waals surface area contributed by atoms with Crippen molar-refractivity contribution in [2.24, 2.45) is 0 Å². The highest BCUT2D eigenvalue weighted by atomic mass is 79.9. The smallest absolute Gasteiger partial charge is 0.228 e. The molecule has 21 heavy (non-hydrogen) atoms. The zero-order valence-electron chi connectivity index (χ0n) is 11.0. The number of benzene rings is 2. The number of nitrogens with one attached hydrogen (secondary N) is 1. The Morgan fingerprint density at radius 3 is 2.48 bits per heavy atom. The van der Waals surface area contributed by atoms with Gasteiger partial charge < -0.3 is 5.32 Å². The number of hydrogen-bond acceptors (Lipinski definition) is 1. The SMILES string of the molecule is Cc1cc(Br)c(F)cc1NC(=O)Cc1ccc(F)c(F)c1. The lowest BCUT2D eigenvalue weighted by atomic mass is 10.1. The van der Waals surface area contributed by atoms with Crippen LogP contribution in [0, 0.1) is 24.4 Å². The Morgan fingerprint density at radius 2 is 1.81 bits per heavy atom. The van der Waals surface area contributed by atoms with E-state index >= 15 is 0 Å². The lowest BCUT2D eigenvalue weighted by molar-refractivity contribution is -0.115. The van der Waals surface area contributed by atoms with Crippen molar-refractivity contribution in [2.75, 3.05) is 5.32 Å². The highest BCUT2D eigenvalue weighted by Gasteiger charge is 2.11. The molecule has 2 aromatic rings. The number of halogens is 4. The molecular weight excluding hydrogens is 347 g/mol. The van der Waals surface area contributed by atoms with Crippen molar-refractivity contribution < 1.29 is 18.0 Å². The molecule has 110 valence electrons. The average Bonchev–Trinajstić information content (AvgIpc) is 2.40. The molecule has 2 rings (SSSR count). The number of aryl methyl sites for hydroxylation is 1. The molecule has 0 spiro atoms. The van der Waals surface area contributed by atoms with Crippen molar-refractivity contribution in [3.05, 3.63) is 63.4 Å². The van der Waals surface area contributed by atoms with Gasteiger partial charge in [0.2, 0.25) is 5.91 Å². The van der Waals surface area contributed by atoms with E-state index in [-0.39, 0.29) is 6.42 Å². The van der Waals surface area contributed by atoms with E-state index in [4.69, 9.17) is 0 Å². The maximum absolute atomic E-state index is 13.4. The lowest BCUT2D eigenvalue weighted by Gasteiger charge is -2.09. The van der Waals surface area contributed by atoms with E-state index in [1.165, 1.54) is 12.1 Å². The van der Waals surface area contributed by atoms with Crippen molar-refractivity contribution in [1.29, 1.82) is 0 Å². The fourth-order valence-electron chi connectivity index (χ4n) is 1.81. The number of hydrogen-bond donors (Lipinski definition) is 1. The zero-order chi connectivity index (χ0) is 15.6. The topological polar surface area (TPSA) is 29.1 Å². The van der Waals surface area contributed by atoms with E-state index in [0.717, 1.165) is 12.1 Å². The second kappa shape index (κ2) is 6.30. The fourth-order valence-corrected chi connectivity index (χ4v) is 2.27. The minimum atomic E-state index is -1.01. The van der Waals surface area contributed by atoms with Gasteiger partial charge in [0.25, 0.3) is 0 Å². The van der Waals surface area contributed by atoms with Gasteiger partial charge in [-0.2, -0.15) is 0 Å². The number of carbonyl (C=O) groups excluding carboxylic acids is 1. The summed E-state index contributed by atoms with van der Waals surface area (Å²) in [6, 6.07) is 5.99. The van der Waals surface area contributed by atoms with Gasteiger partial charge in [0.1, 0.15) is 5.82 Å². The van der Waals surface area contributed by atoms with E-state index in [1.807, 2.05) is 0 Å². The minimum absolute atomic E-state index is 0.131. The maximum Gasteiger partial charge on any atom is 0.228 e. The third-order valence-corrected chi connectivity index (χ3v) is 3.50. The summed E-state index contributed by atoms with van der Waals surface area (Å²) in [5.41, 5.74) is 1.35. The molecule has 6 heteroatoms. The summed E-state index contributed by atoms with van der Waals surface area (Å²) in [5, 5.41) is 2.54. The van der Waals surface area contributed by atoms with Gasteiger partial charge >= 0.3 is 0 Å². The predicted octanol–water partition coefficient (Wildman–Crippen LogP) is 4.36. The summed E-state index contributed by atoms with van der Waals surface area (Å²) in [5.74, 6) is -2.91. The molecule has 0 saturated heterocycles. The van der Waals surface area contributed by atoms with E-state index in [2.05, 4.69) is 21.2 Å². The first-order valence-electron chi connectivity index (χ1n) is 6.06. The van der Waals surface area contributed by atoms with Crippen LogP contribution in [0.1, 0.15) is 11.1 Å². The molecule has 1 N–H and O–H groups in total. The third-order valence-electron chi connectivity index (χ3n) is 2.89. The van der Waals surface area contributed by atoms with Crippen LogP contribution in [0.2, 0.25) is 0 Å². The van der Waals surface area contributed by atoms with Crippen LogP contribution < -0.4 is 5.32 Å². The van der Waals surface area contributed by atoms with Crippen LogP contribution >= 0.6 is 15.9 Å². The van der Waals surface area contributed by atoms with Crippen molar-refractivity contribution in [3.63, 3.8) is 0 Å². The average molecular weight is 358 g/mol. The molecule has 0 heterocycles. The van der Waals surface area contributed by atoms with Gasteiger partial charge in [-0.25, -0.2) is 13.2 Å². The van der Waals surface area contributed by atoms with Crippen molar-refractivity contribution >= 4 is 27.5 Å². The van der Waals surface area contributed by atoms with Crippen LogP contribution in [-0.2, 0) is 11.2 Å². The van der Waals surface area contributed by atoms with E-state index in [9.17, 15) is 18.0 Å². The molecule has 0 saturated carbocycles. The Morgan fingerprint density at radius 1 is 1.10 bits per heavy atom. The highest BCUT2D eigenvalue weighted by molar-refractivity contribution is 9.10. The van der Waals surface area contributed by atoms with Gasteiger partial charge in [-0.15, -0.1) is 0 Å². The largest absolute Gasteiger partial charge is 0.325 e. The second-order valence-corrected chi connectivity index (χ2v) is 5.41. The predicted molar refractivity (Wildman–Crippen MR) is 77.5 cm³/mol. The quantitative estimate of drug-likeness (QED) is 0.868. The van der Waals surface area contributed by atoms with E-state index < -0.39 is 23.4 Å². The lowest BCUT2D eigenvalue weighted by Crippen LogP contribution is -2.15. The van der Waals surface area contributed by atoms with Crippen LogP contribution in [0.4, 0.5) is 18.9 Å². The second-order valence-electron chi connectivity index (χ2n) is 4.55. The molecule has 0 aromatic heterocycles. The Bertz CT molecular complexity index is 704. The molecule has 1 amide bonds. The Balaban J connectivity index is 2.11. The molecule has 0 unspecified atom stereocenters. The number of anilines is 1. The first-order chi connectivity index (χ1) is 9.86. The van der Waals surface area contributed by atoms with Gasteiger partial charge in [-0.1, -0.05) is 6.07 Å². The van der Waals surface area contributed by atoms with Gasteiger partial charge in [0.15, 0.2) is 11.6 Å². The van der Waals surface area contributed by atoms with Crippen LogP contribution in [0.15, 0.2) is 34.8 Å². The molecule has 0 aliphatic carbocycles. The normalized spacial score (nSPS) is 10.5. The molecule has 2 aromatic carbocycles. The molecule has 0 aliphatic heterocycles. The first kappa shape index (κ1) is 15.6. The molecule has 2 nitrogen and oxygen atoms in total. The summed E-state index contributed by atoms with van der Waals surface area (Å²) in [6.45, 7) is 1.72. The summed E-state index contributed by atoms with van der Waals surface area (Å²) in [7, 11) is 0. The molecule has 0 radical (unpaired) electrons. The van der Waals surface area contributed by atoms with Gasteiger partial charge in [0.05, 0.1) is 10.9 Å². The monoisotopic (exact) mass is 357 g/mol. The molecule has 0 atom stereocenters. The van der Waals surface area contributed by atoms with Crippen LogP contribution in [0.5, 0.6) is 0 Å². The molecular formula is C15H11BrF3NO. The minimum Gasteiger partial charge on any atom is -0.325 e. The summed E-state index contributed by atoms with van der Waals surface area (Å²) < 4.78 is 39.6. The summed E-state index contributed by atoms with van der Waals surface area (Å²) in [4.78, 5) is 11.9. The van der Waals surface area contributed by atoms with Crippen LogP contribution in [0.25, 0.3) is 0 Å². The van der Waals surface area contributed by atoms with Crippen molar-refractivity contribution in [1.82, 2.24) is 0 Å². The fraction of sp³-hybridized carbons (Fsp3) is 0.133. The van der Waals surface area contributed by atoms with Gasteiger partial charge in [0, 0.05) is 5.69 Å². The van der Waals surface area contributed by atoms with Crippen molar-refractivity contribution in [2.45, 2.75) is 13.3 Å². The van der Waals surface area contributed by atoms with E-state index in [1.54, 1.807) is 13.0 Å². The standard InChI is InChI=1S/C15H11BrF3NO/c1-8-4-10(16)12(18)7-14(8)20-15(21)6-9-2-3-11(17)13(19)5-9/h2-5,7H,6H2,1H3,(H,20,21). The zero-order valence-corrected chi connectivity index (χ0v) is 12.6. The number of carbonyl (C=O) groups is 1. The Labute approximate surface area is 128 Å². The van der Waals surface area contributed by atoms with Crippen LogP contribution in [-0.4, -0.2) is 5.91 Å². The highest BCUT2D eigenvalue weighted by Crippen LogP contribution is 2.24. The molecule has 0 bridgehead atoms. The van der Waals surface area contributed by atoms with Gasteiger partial charge in [-0.05, 0) is 58.2 Å².